The Morgan fingerprint density at radius 3 is 2.43 bits per heavy atom. The largest absolute Gasteiger partial charge is 0.312 e. The van der Waals surface area contributed by atoms with E-state index in [1.165, 1.54) is 6.08 Å². The van der Waals surface area contributed by atoms with E-state index in [1.807, 2.05) is 0 Å². The van der Waals surface area contributed by atoms with Gasteiger partial charge < -0.3 is 10.3 Å². The predicted molar refractivity (Wildman–Crippen MR) is 28.9 cm³/mol. The van der Waals surface area contributed by atoms with Gasteiger partial charge in [0.1, 0.15) is 5.37 Å². The molecule has 2 unspecified atom stereocenters. The highest BCUT2D eigenvalue weighted by molar-refractivity contribution is 7.80. The van der Waals surface area contributed by atoms with Crippen molar-refractivity contribution in [2.75, 3.05) is 0 Å². The summed E-state index contributed by atoms with van der Waals surface area (Å²) in [6.45, 7) is 3.20. The molecule has 3 N–H and O–H groups in total. The molecule has 3 nitrogen and oxygen atoms in total. The van der Waals surface area contributed by atoms with Gasteiger partial charge in [-0.2, -0.15) is 0 Å². The Bertz CT molecular complexity index is 92.9. The summed E-state index contributed by atoms with van der Waals surface area (Å²) in [6.07, 6.45) is 1.22. The monoisotopic (exact) mass is 121 g/mol. The van der Waals surface area contributed by atoms with Crippen LogP contribution in [0.5, 0.6) is 0 Å². The molecule has 0 radical (unpaired) electrons. The van der Waals surface area contributed by atoms with Gasteiger partial charge in [-0.25, -0.2) is 4.21 Å². The zero-order chi connectivity index (χ0) is 5.86. The van der Waals surface area contributed by atoms with E-state index in [1.54, 1.807) is 0 Å². The maximum absolute atomic E-state index is 9.85. The fourth-order valence-corrected chi connectivity index (χ4v) is 0.247. The first kappa shape index (κ1) is 6.81. The van der Waals surface area contributed by atoms with E-state index in [0.717, 1.165) is 0 Å². The summed E-state index contributed by atoms with van der Waals surface area (Å²) in [7, 11) is 0. The van der Waals surface area contributed by atoms with Crippen LogP contribution in [-0.4, -0.2) is 14.1 Å². The standard InChI is InChI=1S/C3H7NO2S/c1-2-3(4)7(5)6/h2-3H,1,4H2,(H,5,6). The highest BCUT2D eigenvalue weighted by Gasteiger charge is 1.99. The Hall–Kier alpha value is -0.190. The van der Waals surface area contributed by atoms with E-state index in [4.69, 9.17) is 10.3 Å². The molecular weight excluding hydrogens is 114 g/mol. The molecule has 0 rings (SSSR count). The van der Waals surface area contributed by atoms with E-state index in [-0.39, 0.29) is 0 Å². The van der Waals surface area contributed by atoms with Crippen LogP contribution in [0.4, 0.5) is 0 Å². The topological polar surface area (TPSA) is 63.3 Å². The van der Waals surface area contributed by atoms with Gasteiger partial charge in [0.25, 0.3) is 0 Å². The SMILES string of the molecule is C=CC(N)S(=O)O. The van der Waals surface area contributed by atoms with Gasteiger partial charge in [-0.1, -0.05) is 6.08 Å². The van der Waals surface area contributed by atoms with E-state index >= 15 is 0 Å². The maximum Gasteiger partial charge on any atom is 0.174 e. The van der Waals surface area contributed by atoms with Crippen LogP contribution in [0.3, 0.4) is 0 Å². The van der Waals surface area contributed by atoms with Crippen LogP contribution in [0.25, 0.3) is 0 Å². The van der Waals surface area contributed by atoms with Crippen LogP contribution in [-0.2, 0) is 11.1 Å². The summed E-state index contributed by atoms with van der Waals surface area (Å²) < 4.78 is 17.9. The molecule has 2 atom stereocenters. The Morgan fingerprint density at radius 1 is 2.00 bits per heavy atom. The van der Waals surface area contributed by atoms with Crippen LogP contribution in [0.15, 0.2) is 12.7 Å². The van der Waals surface area contributed by atoms with E-state index < -0.39 is 16.5 Å². The van der Waals surface area contributed by atoms with Gasteiger partial charge >= 0.3 is 0 Å². The summed E-state index contributed by atoms with van der Waals surface area (Å²) in [4.78, 5) is 0. The molecule has 42 valence electrons. The Balaban J connectivity index is 3.55. The second-order valence-corrected chi connectivity index (χ2v) is 2.07. The summed E-state index contributed by atoms with van der Waals surface area (Å²) in [6, 6.07) is 0. The average molecular weight is 121 g/mol. The highest BCUT2D eigenvalue weighted by atomic mass is 32.2. The summed E-state index contributed by atoms with van der Waals surface area (Å²) >= 11 is -1.95. The van der Waals surface area contributed by atoms with Crippen LogP contribution in [0.1, 0.15) is 0 Å². The maximum atomic E-state index is 9.85. The lowest BCUT2D eigenvalue weighted by molar-refractivity contribution is 0.557. The Labute approximate surface area is 44.5 Å². The lowest BCUT2D eigenvalue weighted by Gasteiger charge is -1.94. The molecular formula is C3H7NO2S. The third kappa shape index (κ3) is 2.50. The molecule has 0 saturated carbocycles. The smallest absolute Gasteiger partial charge is 0.174 e. The van der Waals surface area contributed by atoms with E-state index in [9.17, 15) is 4.21 Å². The van der Waals surface area contributed by atoms with Crippen molar-refractivity contribution in [1.29, 1.82) is 0 Å². The van der Waals surface area contributed by atoms with Gasteiger partial charge in [0, 0.05) is 0 Å². The predicted octanol–water partition coefficient (Wildman–Crippen LogP) is -0.321. The summed E-state index contributed by atoms with van der Waals surface area (Å²) in [5.74, 6) is 0. The molecule has 0 aromatic heterocycles. The van der Waals surface area contributed by atoms with Crippen LogP contribution in [0, 0.1) is 0 Å². The van der Waals surface area contributed by atoms with Crippen LogP contribution in [0.2, 0.25) is 0 Å². The Morgan fingerprint density at radius 2 is 2.43 bits per heavy atom. The Kier molecular flexibility index (Phi) is 2.82. The fourth-order valence-electron chi connectivity index (χ4n) is 0.0823. The molecule has 4 heteroatoms. The minimum atomic E-state index is -1.95. The minimum absolute atomic E-state index is 0.806. The van der Waals surface area contributed by atoms with Gasteiger partial charge in [0.15, 0.2) is 11.1 Å². The molecule has 0 aliphatic carbocycles. The van der Waals surface area contributed by atoms with Crippen molar-refractivity contribution in [2.45, 2.75) is 5.37 Å². The molecule has 7 heavy (non-hydrogen) atoms. The van der Waals surface area contributed by atoms with E-state index in [0.29, 0.717) is 0 Å². The van der Waals surface area contributed by atoms with Gasteiger partial charge in [-0.15, -0.1) is 6.58 Å². The number of hydrogen-bond donors (Lipinski definition) is 2. The first-order valence-corrected chi connectivity index (χ1v) is 2.83. The first-order valence-electron chi connectivity index (χ1n) is 1.66. The van der Waals surface area contributed by atoms with Crippen molar-refractivity contribution in [3.63, 3.8) is 0 Å². The molecule has 0 saturated heterocycles. The summed E-state index contributed by atoms with van der Waals surface area (Å²) in [5, 5.41) is -0.806. The summed E-state index contributed by atoms with van der Waals surface area (Å²) in [5.41, 5.74) is 4.95. The molecule has 0 aromatic rings. The number of rotatable bonds is 2. The van der Waals surface area contributed by atoms with Crippen molar-refractivity contribution in [2.24, 2.45) is 5.73 Å². The molecule has 0 bridgehead atoms. The molecule has 0 aliphatic rings. The average Bonchev–Trinajstić information content (AvgIpc) is 1.65. The van der Waals surface area contributed by atoms with Gasteiger partial charge in [0.05, 0.1) is 0 Å². The molecule has 0 spiro atoms. The molecule has 0 aromatic carbocycles. The van der Waals surface area contributed by atoms with Crippen molar-refractivity contribution >= 4 is 11.1 Å². The normalized spacial score (nSPS) is 18.0. The highest BCUT2D eigenvalue weighted by Crippen LogP contribution is 1.81. The van der Waals surface area contributed by atoms with Gasteiger partial charge in [-0.05, 0) is 0 Å². The third-order valence-corrected chi connectivity index (χ3v) is 1.12. The molecule has 0 aliphatic heterocycles. The quantitative estimate of drug-likeness (QED) is 0.388. The van der Waals surface area contributed by atoms with Crippen LogP contribution < -0.4 is 5.73 Å². The lowest BCUT2D eigenvalue weighted by atomic mass is 10.7. The third-order valence-electron chi connectivity index (χ3n) is 0.465. The van der Waals surface area contributed by atoms with E-state index in [2.05, 4.69) is 6.58 Å². The van der Waals surface area contributed by atoms with Crippen molar-refractivity contribution in [3.05, 3.63) is 12.7 Å². The van der Waals surface area contributed by atoms with Gasteiger partial charge in [0.2, 0.25) is 0 Å². The number of nitrogens with two attached hydrogens (primary N) is 1. The second kappa shape index (κ2) is 2.90. The van der Waals surface area contributed by atoms with Crippen molar-refractivity contribution in [1.82, 2.24) is 0 Å². The first-order chi connectivity index (χ1) is 3.18. The molecule has 0 fully saturated rings. The lowest BCUT2D eigenvalue weighted by Crippen LogP contribution is -2.21. The van der Waals surface area contributed by atoms with Gasteiger partial charge in [-0.3, -0.25) is 0 Å². The fraction of sp³-hybridized carbons (Fsp3) is 0.333. The minimum Gasteiger partial charge on any atom is -0.312 e. The van der Waals surface area contributed by atoms with Crippen LogP contribution >= 0.6 is 0 Å². The van der Waals surface area contributed by atoms with Crippen molar-refractivity contribution < 1.29 is 8.76 Å². The van der Waals surface area contributed by atoms with Crippen molar-refractivity contribution in [3.8, 4) is 0 Å². The number of hydrogen-bond acceptors (Lipinski definition) is 2. The molecule has 0 amide bonds. The second-order valence-electron chi connectivity index (χ2n) is 0.976. The zero-order valence-corrected chi connectivity index (χ0v) is 4.52. The molecule has 0 heterocycles. The zero-order valence-electron chi connectivity index (χ0n) is 3.70.